The van der Waals surface area contributed by atoms with Crippen molar-refractivity contribution in [2.24, 2.45) is 5.92 Å². The number of piperidine rings is 1. The smallest absolute Gasteiger partial charge is 0.245 e. The molecule has 1 aliphatic rings. The van der Waals surface area contributed by atoms with Crippen molar-refractivity contribution in [1.29, 1.82) is 0 Å². The first-order valence-electron chi connectivity index (χ1n) is 10.0. The standard InChI is InChI=1S/C22H20N4O3S2/c27-22(23-18-8-3-6-15-5-1-2-7-17(15)18)16-11-13-26(14-12-16)31(28,29)20-10-4-9-19-21(20)25-30-24-19/h1-10,16H,11-14H2,(H,23,27). The van der Waals surface area contributed by atoms with E-state index in [4.69, 9.17) is 0 Å². The van der Waals surface area contributed by atoms with E-state index < -0.39 is 10.0 Å². The van der Waals surface area contributed by atoms with Crippen LogP contribution in [0, 0.1) is 5.92 Å². The van der Waals surface area contributed by atoms with Gasteiger partial charge in [0, 0.05) is 30.1 Å². The van der Waals surface area contributed by atoms with Crippen LogP contribution in [0.25, 0.3) is 21.8 Å². The lowest BCUT2D eigenvalue weighted by molar-refractivity contribution is -0.120. The van der Waals surface area contributed by atoms with Crippen LogP contribution < -0.4 is 5.32 Å². The Morgan fingerprint density at radius 3 is 2.55 bits per heavy atom. The molecule has 1 aliphatic heterocycles. The Bertz CT molecular complexity index is 1370. The lowest BCUT2D eigenvalue weighted by Crippen LogP contribution is -2.41. The lowest BCUT2D eigenvalue weighted by atomic mass is 9.97. The maximum Gasteiger partial charge on any atom is 0.245 e. The van der Waals surface area contributed by atoms with Crippen LogP contribution in [0.3, 0.4) is 0 Å². The van der Waals surface area contributed by atoms with Gasteiger partial charge in [-0.3, -0.25) is 4.79 Å². The number of hydrogen-bond acceptors (Lipinski definition) is 6. The number of amides is 1. The Hall–Kier alpha value is -2.88. The molecular formula is C22H20N4O3S2. The third-order valence-corrected chi connectivity index (χ3v) is 8.21. The van der Waals surface area contributed by atoms with E-state index in [-0.39, 0.29) is 16.7 Å². The zero-order chi connectivity index (χ0) is 21.4. The van der Waals surface area contributed by atoms with Crippen LogP contribution in [0.1, 0.15) is 12.8 Å². The third kappa shape index (κ3) is 3.69. The molecule has 31 heavy (non-hydrogen) atoms. The highest BCUT2D eigenvalue weighted by Crippen LogP contribution is 2.29. The fourth-order valence-corrected chi connectivity index (χ4v) is 6.28. The predicted octanol–water partition coefficient (Wildman–Crippen LogP) is 3.88. The van der Waals surface area contributed by atoms with Crippen LogP contribution in [0.2, 0.25) is 0 Å². The zero-order valence-electron chi connectivity index (χ0n) is 16.6. The summed E-state index contributed by atoms with van der Waals surface area (Å²) < 4.78 is 36.1. The topological polar surface area (TPSA) is 92.3 Å². The summed E-state index contributed by atoms with van der Waals surface area (Å²) in [5.41, 5.74) is 1.76. The van der Waals surface area contributed by atoms with Crippen molar-refractivity contribution >= 4 is 55.2 Å². The summed E-state index contributed by atoms with van der Waals surface area (Å²) in [6.45, 7) is 0.591. The fraction of sp³-hybridized carbons (Fsp3) is 0.227. The molecule has 1 amide bonds. The van der Waals surface area contributed by atoms with Crippen LogP contribution in [0.5, 0.6) is 0 Å². The highest BCUT2D eigenvalue weighted by atomic mass is 32.2. The molecule has 3 aromatic carbocycles. The second-order valence-electron chi connectivity index (χ2n) is 7.58. The average Bonchev–Trinajstić information content (AvgIpc) is 3.28. The maximum absolute atomic E-state index is 13.2. The highest BCUT2D eigenvalue weighted by molar-refractivity contribution is 7.89. The van der Waals surface area contributed by atoms with Gasteiger partial charge < -0.3 is 5.32 Å². The lowest BCUT2D eigenvalue weighted by Gasteiger charge is -2.30. The van der Waals surface area contributed by atoms with Gasteiger partial charge in [-0.05, 0) is 36.4 Å². The summed E-state index contributed by atoms with van der Waals surface area (Å²) in [5, 5.41) is 5.09. The molecule has 0 unspecified atom stereocenters. The summed E-state index contributed by atoms with van der Waals surface area (Å²) in [7, 11) is -3.69. The van der Waals surface area contributed by atoms with E-state index in [0.717, 1.165) is 28.2 Å². The van der Waals surface area contributed by atoms with Gasteiger partial charge >= 0.3 is 0 Å². The van der Waals surface area contributed by atoms with Gasteiger partial charge in [0.1, 0.15) is 15.9 Å². The maximum atomic E-state index is 13.2. The summed E-state index contributed by atoms with van der Waals surface area (Å²) in [6.07, 6.45) is 0.947. The van der Waals surface area contributed by atoms with Gasteiger partial charge in [-0.15, -0.1) is 0 Å². The van der Waals surface area contributed by atoms with Crippen LogP contribution in [-0.2, 0) is 14.8 Å². The fourth-order valence-electron chi connectivity index (χ4n) is 4.06. The molecule has 158 valence electrons. The summed E-state index contributed by atoms with van der Waals surface area (Å²) in [4.78, 5) is 13.1. The average molecular weight is 453 g/mol. The Balaban J connectivity index is 1.30. The van der Waals surface area contributed by atoms with E-state index >= 15 is 0 Å². The molecule has 1 fully saturated rings. The molecule has 5 rings (SSSR count). The minimum atomic E-state index is -3.69. The number of carbonyl (C=O) groups excluding carboxylic acids is 1. The number of nitrogens with one attached hydrogen (secondary N) is 1. The first-order chi connectivity index (χ1) is 15.0. The van der Waals surface area contributed by atoms with Crippen molar-refractivity contribution < 1.29 is 13.2 Å². The zero-order valence-corrected chi connectivity index (χ0v) is 18.2. The number of rotatable bonds is 4. The van der Waals surface area contributed by atoms with Crippen molar-refractivity contribution in [2.45, 2.75) is 17.7 Å². The normalized spacial score (nSPS) is 16.0. The second kappa shape index (κ2) is 7.99. The number of sulfonamides is 1. The Morgan fingerprint density at radius 1 is 0.968 bits per heavy atom. The van der Waals surface area contributed by atoms with Gasteiger partial charge in [-0.2, -0.15) is 13.1 Å². The molecule has 0 atom stereocenters. The van der Waals surface area contributed by atoms with Crippen LogP contribution in [0.15, 0.2) is 65.6 Å². The molecule has 1 aromatic heterocycles. The molecule has 2 heterocycles. The van der Waals surface area contributed by atoms with E-state index in [1.165, 1.54) is 4.31 Å². The van der Waals surface area contributed by atoms with Gasteiger partial charge in [0.2, 0.25) is 15.9 Å². The van der Waals surface area contributed by atoms with Crippen molar-refractivity contribution in [3.05, 3.63) is 60.7 Å². The van der Waals surface area contributed by atoms with E-state index in [1.54, 1.807) is 18.2 Å². The van der Waals surface area contributed by atoms with Gasteiger partial charge in [0.25, 0.3) is 0 Å². The molecule has 0 saturated carbocycles. The molecular weight excluding hydrogens is 432 g/mol. The predicted molar refractivity (Wildman–Crippen MR) is 121 cm³/mol. The molecule has 7 nitrogen and oxygen atoms in total. The van der Waals surface area contributed by atoms with E-state index in [0.29, 0.717) is 37.0 Å². The number of benzene rings is 3. The third-order valence-electron chi connectivity index (χ3n) is 5.74. The van der Waals surface area contributed by atoms with Gasteiger partial charge in [0.05, 0.1) is 11.7 Å². The van der Waals surface area contributed by atoms with E-state index in [2.05, 4.69) is 14.1 Å². The highest BCUT2D eigenvalue weighted by Gasteiger charge is 2.33. The number of fused-ring (bicyclic) bond motifs is 2. The summed E-state index contributed by atoms with van der Waals surface area (Å²) >= 11 is 1.000. The van der Waals surface area contributed by atoms with Gasteiger partial charge in [-0.25, -0.2) is 8.42 Å². The molecule has 0 aliphatic carbocycles. The van der Waals surface area contributed by atoms with Gasteiger partial charge in [-0.1, -0.05) is 42.5 Å². The first kappa shape index (κ1) is 20.0. The van der Waals surface area contributed by atoms with Crippen molar-refractivity contribution in [3.8, 4) is 0 Å². The monoisotopic (exact) mass is 452 g/mol. The Morgan fingerprint density at radius 2 is 1.71 bits per heavy atom. The Labute approximate surface area is 184 Å². The molecule has 1 saturated heterocycles. The minimum absolute atomic E-state index is 0.0702. The van der Waals surface area contributed by atoms with Crippen molar-refractivity contribution in [3.63, 3.8) is 0 Å². The molecule has 9 heteroatoms. The molecule has 0 spiro atoms. The number of anilines is 1. The van der Waals surface area contributed by atoms with E-state index in [9.17, 15) is 13.2 Å². The second-order valence-corrected chi connectivity index (χ2v) is 10.0. The quantitative estimate of drug-likeness (QED) is 0.507. The molecule has 0 bridgehead atoms. The first-order valence-corrected chi connectivity index (χ1v) is 12.2. The molecule has 0 radical (unpaired) electrons. The van der Waals surface area contributed by atoms with Crippen LogP contribution >= 0.6 is 11.7 Å². The number of hydrogen-bond donors (Lipinski definition) is 1. The number of aromatic nitrogens is 2. The van der Waals surface area contributed by atoms with Crippen LogP contribution in [-0.4, -0.2) is 40.5 Å². The largest absolute Gasteiger partial charge is 0.325 e. The summed E-state index contributed by atoms with van der Waals surface area (Å²) in [5.74, 6) is -0.304. The number of nitrogens with zero attached hydrogens (tertiary/aromatic N) is 3. The van der Waals surface area contributed by atoms with Crippen molar-refractivity contribution in [1.82, 2.24) is 13.1 Å². The van der Waals surface area contributed by atoms with Crippen LogP contribution in [0.4, 0.5) is 5.69 Å². The Kier molecular flexibility index (Phi) is 5.17. The minimum Gasteiger partial charge on any atom is -0.325 e. The van der Waals surface area contributed by atoms with Crippen molar-refractivity contribution in [2.75, 3.05) is 18.4 Å². The molecule has 4 aromatic rings. The SMILES string of the molecule is O=C(Nc1cccc2ccccc12)C1CCN(S(=O)(=O)c2cccc3nsnc23)CC1. The molecule has 1 N–H and O–H groups in total. The van der Waals surface area contributed by atoms with E-state index in [1.807, 2.05) is 42.5 Å². The summed E-state index contributed by atoms with van der Waals surface area (Å²) in [6, 6.07) is 18.7. The van der Waals surface area contributed by atoms with Gasteiger partial charge in [0.15, 0.2) is 0 Å². The number of carbonyl (C=O) groups is 1.